The maximum Gasteiger partial charge on any atom is 0.221 e. The van der Waals surface area contributed by atoms with Crippen LogP contribution in [0.3, 0.4) is 0 Å². The fourth-order valence-electron chi connectivity index (χ4n) is 1.43. The minimum Gasteiger partial charge on any atom is -0.493 e. The zero-order chi connectivity index (χ0) is 12.0. The number of unbranched alkanes of at least 4 members (excludes halogenated alkanes) is 1. The summed E-state index contributed by atoms with van der Waals surface area (Å²) in [5.74, 6) is -0.538. The molecule has 0 fully saturated rings. The molecule has 0 radical (unpaired) electrons. The summed E-state index contributed by atoms with van der Waals surface area (Å²) in [7, 11) is 0. The molecule has 1 rings (SSSR count). The van der Waals surface area contributed by atoms with Crippen LogP contribution in [-0.2, 0) is 0 Å². The highest BCUT2D eigenvalue weighted by atomic mass is 16.3. The van der Waals surface area contributed by atoms with Crippen LogP contribution in [0.5, 0.6) is 5.88 Å². The first-order valence-electron chi connectivity index (χ1n) is 5.30. The Morgan fingerprint density at radius 2 is 2.25 bits per heavy atom. The molecule has 1 aromatic heterocycles. The third-order valence-electron chi connectivity index (χ3n) is 2.36. The minimum absolute atomic E-state index is 0.183. The summed E-state index contributed by atoms with van der Waals surface area (Å²) < 4.78 is 0. The summed E-state index contributed by atoms with van der Waals surface area (Å²) in [5, 5.41) is 9.39. The molecule has 0 saturated heterocycles. The summed E-state index contributed by atoms with van der Waals surface area (Å²) in [6.45, 7) is 0.596. The monoisotopic (exact) mass is 223 g/mol. The highest BCUT2D eigenvalue weighted by molar-refractivity contribution is 6.01. The topological polar surface area (TPSA) is 102 Å². The van der Waals surface area contributed by atoms with Crippen LogP contribution in [0.2, 0.25) is 0 Å². The third-order valence-corrected chi connectivity index (χ3v) is 2.36. The van der Waals surface area contributed by atoms with Crippen LogP contribution in [0.4, 0.5) is 0 Å². The molecule has 0 saturated carbocycles. The maximum absolute atomic E-state index is 11.8. The smallest absolute Gasteiger partial charge is 0.221 e. The normalized spacial score (nSPS) is 12.4. The Balaban J connectivity index is 2.60. The molecular formula is C11H17N3O2. The van der Waals surface area contributed by atoms with E-state index in [0.29, 0.717) is 13.0 Å². The van der Waals surface area contributed by atoms with E-state index in [2.05, 4.69) is 4.98 Å². The molecule has 0 spiro atoms. The van der Waals surface area contributed by atoms with Gasteiger partial charge in [-0.3, -0.25) is 4.79 Å². The van der Waals surface area contributed by atoms with Crippen LogP contribution >= 0.6 is 0 Å². The molecule has 0 amide bonds. The van der Waals surface area contributed by atoms with E-state index in [9.17, 15) is 9.90 Å². The van der Waals surface area contributed by atoms with Crippen LogP contribution < -0.4 is 11.5 Å². The van der Waals surface area contributed by atoms with Gasteiger partial charge in [0.1, 0.15) is 0 Å². The summed E-state index contributed by atoms with van der Waals surface area (Å²) in [5.41, 5.74) is 11.3. The molecule has 16 heavy (non-hydrogen) atoms. The number of pyridine rings is 1. The molecule has 0 bridgehead atoms. The van der Waals surface area contributed by atoms with E-state index in [1.54, 1.807) is 6.07 Å². The summed E-state index contributed by atoms with van der Waals surface area (Å²) in [6, 6.07) is 2.52. The number of nitrogens with two attached hydrogens (primary N) is 2. The average molecular weight is 223 g/mol. The molecule has 5 heteroatoms. The number of nitrogens with zero attached hydrogens (tertiary/aromatic N) is 1. The van der Waals surface area contributed by atoms with E-state index < -0.39 is 6.04 Å². The second-order valence-corrected chi connectivity index (χ2v) is 3.63. The van der Waals surface area contributed by atoms with Gasteiger partial charge in [0.05, 0.1) is 11.6 Å². The van der Waals surface area contributed by atoms with Gasteiger partial charge in [-0.1, -0.05) is 6.42 Å². The van der Waals surface area contributed by atoms with Gasteiger partial charge in [0.15, 0.2) is 5.78 Å². The highest BCUT2D eigenvalue weighted by Gasteiger charge is 2.18. The number of aromatic nitrogens is 1. The Morgan fingerprint density at radius 1 is 1.50 bits per heavy atom. The van der Waals surface area contributed by atoms with E-state index in [1.165, 1.54) is 12.3 Å². The third kappa shape index (κ3) is 3.29. The number of hydrogen-bond donors (Lipinski definition) is 3. The standard InChI is InChI=1S/C11H17N3O2/c12-6-2-1-5-9(13)10(15)8-4-3-7-14-11(8)16/h3-4,7,9H,1-2,5-6,12-13H2,(H,14,16)/t9-/m0/s1. The molecule has 1 aromatic rings. The van der Waals surface area contributed by atoms with E-state index in [1.807, 2.05) is 0 Å². The number of ketones is 1. The number of carbonyl (C=O) groups excluding carboxylic acids is 1. The number of rotatable bonds is 6. The molecule has 1 heterocycles. The van der Waals surface area contributed by atoms with Crippen molar-refractivity contribution in [3.8, 4) is 5.88 Å². The van der Waals surface area contributed by atoms with Crippen molar-refractivity contribution in [2.75, 3.05) is 6.54 Å². The molecule has 0 unspecified atom stereocenters. The van der Waals surface area contributed by atoms with Gasteiger partial charge in [0.2, 0.25) is 5.88 Å². The predicted molar refractivity (Wildman–Crippen MR) is 61.1 cm³/mol. The van der Waals surface area contributed by atoms with Gasteiger partial charge in [-0.2, -0.15) is 0 Å². The van der Waals surface area contributed by atoms with Gasteiger partial charge in [-0.05, 0) is 31.5 Å². The lowest BCUT2D eigenvalue weighted by atomic mass is 10.0. The van der Waals surface area contributed by atoms with Gasteiger partial charge >= 0.3 is 0 Å². The SMILES string of the molecule is NCCCC[C@H](N)C(=O)c1cccnc1O. The molecule has 1 atom stereocenters. The van der Waals surface area contributed by atoms with Gasteiger partial charge in [-0.15, -0.1) is 0 Å². The summed E-state index contributed by atoms with van der Waals surface area (Å²) in [4.78, 5) is 15.4. The Labute approximate surface area is 94.5 Å². The Kier molecular flexibility index (Phi) is 4.88. The lowest BCUT2D eigenvalue weighted by Gasteiger charge is -2.10. The summed E-state index contributed by atoms with van der Waals surface area (Å²) in [6.07, 6.45) is 3.65. The van der Waals surface area contributed by atoms with Crippen molar-refractivity contribution in [2.24, 2.45) is 11.5 Å². The van der Waals surface area contributed by atoms with Crippen molar-refractivity contribution in [1.82, 2.24) is 4.98 Å². The average Bonchev–Trinajstić information content (AvgIpc) is 2.29. The van der Waals surface area contributed by atoms with E-state index >= 15 is 0 Å². The summed E-state index contributed by atoms with van der Waals surface area (Å²) >= 11 is 0. The van der Waals surface area contributed by atoms with Crippen molar-refractivity contribution in [3.05, 3.63) is 23.9 Å². The lowest BCUT2D eigenvalue weighted by Crippen LogP contribution is -2.30. The van der Waals surface area contributed by atoms with E-state index in [4.69, 9.17) is 11.5 Å². The highest BCUT2D eigenvalue weighted by Crippen LogP contribution is 2.15. The largest absolute Gasteiger partial charge is 0.493 e. The molecule has 0 aliphatic heterocycles. The minimum atomic E-state index is -0.596. The van der Waals surface area contributed by atoms with Crippen molar-refractivity contribution in [3.63, 3.8) is 0 Å². The van der Waals surface area contributed by atoms with Gasteiger partial charge in [0, 0.05) is 6.20 Å². The van der Waals surface area contributed by atoms with Gasteiger partial charge in [0.25, 0.3) is 0 Å². The quantitative estimate of drug-likeness (QED) is 0.479. The zero-order valence-electron chi connectivity index (χ0n) is 9.10. The van der Waals surface area contributed by atoms with E-state index in [0.717, 1.165) is 12.8 Å². The van der Waals surface area contributed by atoms with Crippen LogP contribution in [0.1, 0.15) is 29.6 Å². The number of hydrogen-bond acceptors (Lipinski definition) is 5. The number of aromatic hydroxyl groups is 1. The van der Waals surface area contributed by atoms with E-state index in [-0.39, 0.29) is 17.2 Å². The molecule has 0 aliphatic rings. The number of carbonyl (C=O) groups is 1. The number of Topliss-reactive ketones (excluding diaryl/α,β-unsaturated/α-hetero) is 1. The molecule has 5 N–H and O–H groups in total. The predicted octanol–water partition coefficient (Wildman–Crippen LogP) is 0.426. The first-order chi connectivity index (χ1) is 7.66. The molecule has 0 aromatic carbocycles. The molecule has 0 aliphatic carbocycles. The fourth-order valence-corrected chi connectivity index (χ4v) is 1.43. The van der Waals surface area contributed by atoms with Crippen molar-refractivity contribution in [1.29, 1.82) is 0 Å². The van der Waals surface area contributed by atoms with Crippen LogP contribution in [-0.4, -0.2) is 28.5 Å². The molecule has 88 valence electrons. The molecule has 5 nitrogen and oxygen atoms in total. The second kappa shape index (κ2) is 6.19. The molecular weight excluding hydrogens is 206 g/mol. The zero-order valence-corrected chi connectivity index (χ0v) is 9.10. The van der Waals surface area contributed by atoms with Gasteiger partial charge in [-0.25, -0.2) is 4.98 Å². The second-order valence-electron chi connectivity index (χ2n) is 3.63. The van der Waals surface area contributed by atoms with Crippen molar-refractivity contribution >= 4 is 5.78 Å². The fraction of sp³-hybridized carbons (Fsp3) is 0.455. The Hall–Kier alpha value is -1.46. The van der Waals surface area contributed by atoms with Gasteiger partial charge < -0.3 is 16.6 Å². The van der Waals surface area contributed by atoms with Crippen LogP contribution in [0.15, 0.2) is 18.3 Å². The van der Waals surface area contributed by atoms with Crippen molar-refractivity contribution < 1.29 is 9.90 Å². The first kappa shape index (κ1) is 12.6. The van der Waals surface area contributed by atoms with Crippen LogP contribution in [0.25, 0.3) is 0 Å². The Morgan fingerprint density at radius 3 is 2.88 bits per heavy atom. The maximum atomic E-state index is 11.8. The first-order valence-corrected chi connectivity index (χ1v) is 5.30. The van der Waals surface area contributed by atoms with Crippen LogP contribution in [0, 0.1) is 0 Å². The lowest BCUT2D eigenvalue weighted by molar-refractivity contribution is 0.0952. The van der Waals surface area contributed by atoms with Crippen molar-refractivity contribution in [2.45, 2.75) is 25.3 Å². The Bertz CT molecular complexity index is 355.